The summed E-state index contributed by atoms with van der Waals surface area (Å²) in [6.07, 6.45) is 10.4. The quantitative estimate of drug-likeness (QED) is 0.178. The Bertz CT molecular complexity index is 1800. The van der Waals surface area contributed by atoms with E-state index in [2.05, 4.69) is 36.5 Å². The van der Waals surface area contributed by atoms with Crippen molar-refractivity contribution in [1.82, 2.24) is 30.1 Å². The number of aliphatic hydroxyl groups excluding tert-OH is 1. The normalized spacial score (nSPS) is 15.1. The maximum Gasteiger partial charge on any atom is 0.159 e. The Morgan fingerprint density at radius 1 is 0.875 bits per heavy atom. The molecule has 7 rings (SSSR count). The van der Waals surface area contributed by atoms with Gasteiger partial charge < -0.3 is 15.4 Å². The smallest absolute Gasteiger partial charge is 0.159 e. The second-order valence-corrected chi connectivity index (χ2v) is 10.4. The Morgan fingerprint density at radius 2 is 1.70 bits per heavy atom. The summed E-state index contributed by atoms with van der Waals surface area (Å²) in [5.74, 6) is 0.582. The number of aromatic amines is 2. The van der Waals surface area contributed by atoms with Crippen LogP contribution in [0.5, 0.6) is 0 Å². The van der Waals surface area contributed by atoms with Gasteiger partial charge in [-0.15, -0.1) is 0 Å². The number of rotatable bonds is 6. The van der Waals surface area contributed by atoms with Crippen LogP contribution in [0, 0.1) is 11.7 Å². The molecule has 1 fully saturated rings. The van der Waals surface area contributed by atoms with Gasteiger partial charge in [0, 0.05) is 34.8 Å². The molecule has 0 aliphatic heterocycles. The van der Waals surface area contributed by atoms with E-state index in [0.29, 0.717) is 22.7 Å². The topological polar surface area (TPSA) is 115 Å². The summed E-state index contributed by atoms with van der Waals surface area (Å²) in [5, 5.41) is 22.6. The van der Waals surface area contributed by atoms with E-state index in [0.717, 1.165) is 51.6 Å². The molecule has 0 radical (unpaired) electrons. The minimum atomic E-state index is -0.581. The Kier molecular flexibility index (Phi) is 6.20. The SMILES string of the molecule is OC(Nc1cncc(-c2ccc3[nH]nc(-c4nc5c(-c6ccc(F)cc6)nccc5[nH]4)c3c2)c1)C1CCCCC1. The van der Waals surface area contributed by atoms with Crippen LogP contribution < -0.4 is 5.32 Å². The highest BCUT2D eigenvalue weighted by molar-refractivity contribution is 5.97. The lowest BCUT2D eigenvalue weighted by Gasteiger charge is -2.27. The molecule has 1 aliphatic carbocycles. The molecule has 4 aromatic heterocycles. The van der Waals surface area contributed by atoms with Gasteiger partial charge in [-0.05, 0) is 66.9 Å². The second kappa shape index (κ2) is 10.2. The highest BCUT2D eigenvalue weighted by Gasteiger charge is 2.22. The third kappa shape index (κ3) is 4.58. The number of halogens is 1. The number of benzene rings is 2. The molecule has 0 spiro atoms. The Morgan fingerprint density at radius 3 is 2.55 bits per heavy atom. The van der Waals surface area contributed by atoms with Crippen LogP contribution in [-0.2, 0) is 0 Å². The van der Waals surface area contributed by atoms with E-state index in [1.807, 2.05) is 30.5 Å². The van der Waals surface area contributed by atoms with Gasteiger partial charge in [0.05, 0.1) is 28.6 Å². The molecule has 0 amide bonds. The standard InChI is InChI=1S/C31H28FN7O/c32-22-9-6-18(7-10-22)27-29-26(12-13-34-27)36-30(37-29)28-24-15-20(8-11-25(24)38-39-28)21-14-23(17-33-16-21)35-31(40)19-4-2-1-3-5-19/h6-17,19,31,35,40H,1-5H2,(H,36,37)(H,38,39). The number of aromatic nitrogens is 6. The number of imidazole rings is 1. The van der Waals surface area contributed by atoms with Crippen LogP contribution in [-0.4, -0.2) is 41.5 Å². The van der Waals surface area contributed by atoms with Crippen molar-refractivity contribution < 1.29 is 9.50 Å². The fraction of sp³-hybridized carbons (Fsp3) is 0.226. The summed E-state index contributed by atoms with van der Waals surface area (Å²) < 4.78 is 13.5. The first kappa shape index (κ1) is 24.4. The van der Waals surface area contributed by atoms with E-state index in [1.54, 1.807) is 24.5 Å². The number of aliphatic hydroxyl groups is 1. The number of anilines is 1. The molecule has 1 saturated carbocycles. The van der Waals surface area contributed by atoms with Gasteiger partial charge in [0.1, 0.15) is 23.3 Å². The lowest BCUT2D eigenvalue weighted by molar-refractivity contribution is 0.109. The number of hydrogen-bond acceptors (Lipinski definition) is 6. The highest BCUT2D eigenvalue weighted by Crippen LogP contribution is 2.33. The molecule has 0 saturated heterocycles. The maximum atomic E-state index is 13.5. The first-order valence-corrected chi connectivity index (χ1v) is 13.6. The van der Waals surface area contributed by atoms with E-state index in [1.165, 1.54) is 31.4 Å². The predicted octanol–water partition coefficient (Wildman–Crippen LogP) is 6.68. The van der Waals surface area contributed by atoms with Crippen LogP contribution in [0.25, 0.3) is 55.8 Å². The number of fused-ring (bicyclic) bond motifs is 2. The molecule has 40 heavy (non-hydrogen) atoms. The van der Waals surface area contributed by atoms with Crippen molar-refractivity contribution in [2.24, 2.45) is 5.92 Å². The summed E-state index contributed by atoms with van der Waals surface area (Å²) in [5.41, 5.74) is 7.23. The van der Waals surface area contributed by atoms with E-state index < -0.39 is 6.23 Å². The van der Waals surface area contributed by atoms with Crippen LogP contribution in [0.4, 0.5) is 10.1 Å². The molecule has 6 aromatic rings. The molecular formula is C31H28FN7O. The predicted molar refractivity (Wildman–Crippen MR) is 154 cm³/mol. The zero-order chi connectivity index (χ0) is 27.1. The maximum absolute atomic E-state index is 13.5. The van der Waals surface area contributed by atoms with Crippen molar-refractivity contribution in [3.63, 3.8) is 0 Å². The molecule has 4 N–H and O–H groups in total. The second-order valence-electron chi connectivity index (χ2n) is 10.4. The van der Waals surface area contributed by atoms with Gasteiger partial charge in [-0.25, -0.2) is 9.37 Å². The van der Waals surface area contributed by atoms with Crippen LogP contribution in [0.1, 0.15) is 32.1 Å². The summed E-state index contributed by atoms with van der Waals surface area (Å²) >= 11 is 0. The molecule has 1 aliphatic rings. The Hall–Kier alpha value is -4.63. The zero-order valence-electron chi connectivity index (χ0n) is 21.7. The van der Waals surface area contributed by atoms with Gasteiger partial charge in [-0.2, -0.15) is 5.10 Å². The number of nitrogens with zero attached hydrogens (tertiary/aromatic N) is 4. The largest absolute Gasteiger partial charge is 0.374 e. The van der Waals surface area contributed by atoms with Crippen LogP contribution in [0.2, 0.25) is 0 Å². The number of pyridine rings is 2. The van der Waals surface area contributed by atoms with Crippen molar-refractivity contribution in [3.05, 3.63) is 79.0 Å². The van der Waals surface area contributed by atoms with E-state index in [-0.39, 0.29) is 11.7 Å². The highest BCUT2D eigenvalue weighted by atomic mass is 19.1. The molecule has 9 heteroatoms. The number of hydrogen-bond donors (Lipinski definition) is 4. The summed E-state index contributed by atoms with van der Waals surface area (Å²) in [6.45, 7) is 0. The number of nitrogens with one attached hydrogen (secondary N) is 3. The van der Waals surface area contributed by atoms with Gasteiger partial charge in [-0.3, -0.25) is 15.1 Å². The first-order chi connectivity index (χ1) is 19.6. The Labute approximate surface area is 229 Å². The van der Waals surface area contributed by atoms with Crippen molar-refractivity contribution in [1.29, 1.82) is 0 Å². The van der Waals surface area contributed by atoms with Gasteiger partial charge in [0.15, 0.2) is 5.82 Å². The van der Waals surface area contributed by atoms with Crippen LogP contribution >= 0.6 is 0 Å². The first-order valence-electron chi connectivity index (χ1n) is 13.6. The van der Waals surface area contributed by atoms with Gasteiger partial charge >= 0.3 is 0 Å². The summed E-state index contributed by atoms with van der Waals surface area (Å²) in [6, 6.07) is 16.2. The van der Waals surface area contributed by atoms with Gasteiger partial charge in [0.25, 0.3) is 0 Å². The third-order valence-corrected chi connectivity index (χ3v) is 7.79. The molecule has 0 bridgehead atoms. The van der Waals surface area contributed by atoms with Crippen molar-refractivity contribution >= 4 is 27.6 Å². The van der Waals surface area contributed by atoms with E-state index in [4.69, 9.17) is 4.98 Å². The van der Waals surface area contributed by atoms with E-state index >= 15 is 0 Å². The van der Waals surface area contributed by atoms with Crippen molar-refractivity contribution in [2.45, 2.75) is 38.3 Å². The minimum Gasteiger partial charge on any atom is -0.374 e. The molecule has 8 nitrogen and oxygen atoms in total. The lowest BCUT2D eigenvalue weighted by Crippen LogP contribution is -2.30. The summed E-state index contributed by atoms with van der Waals surface area (Å²) in [7, 11) is 0. The average Bonchev–Trinajstić information content (AvgIpc) is 3.62. The van der Waals surface area contributed by atoms with Crippen molar-refractivity contribution in [2.75, 3.05) is 5.32 Å². The molecular weight excluding hydrogens is 505 g/mol. The average molecular weight is 534 g/mol. The third-order valence-electron chi connectivity index (χ3n) is 7.79. The fourth-order valence-electron chi connectivity index (χ4n) is 5.66. The Balaban J connectivity index is 1.22. The number of H-pyrrole nitrogens is 2. The van der Waals surface area contributed by atoms with Crippen molar-refractivity contribution in [3.8, 4) is 33.9 Å². The molecule has 1 atom stereocenters. The van der Waals surface area contributed by atoms with Crippen LogP contribution in [0.15, 0.2) is 73.2 Å². The zero-order valence-corrected chi connectivity index (χ0v) is 21.7. The van der Waals surface area contributed by atoms with Gasteiger partial charge in [-0.1, -0.05) is 25.3 Å². The minimum absolute atomic E-state index is 0.268. The molecule has 200 valence electrons. The lowest BCUT2D eigenvalue weighted by atomic mass is 9.88. The van der Waals surface area contributed by atoms with E-state index in [9.17, 15) is 9.50 Å². The fourth-order valence-corrected chi connectivity index (χ4v) is 5.66. The molecule has 4 heterocycles. The van der Waals surface area contributed by atoms with Crippen LogP contribution in [0.3, 0.4) is 0 Å². The molecule has 2 aromatic carbocycles. The van der Waals surface area contributed by atoms with Gasteiger partial charge in [0.2, 0.25) is 0 Å². The molecule has 1 unspecified atom stereocenters. The monoisotopic (exact) mass is 533 g/mol. The summed E-state index contributed by atoms with van der Waals surface area (Å²) in [4.78, 5) is 17.2.